The molecule has 3 rings (SSSR count). The smallest absolute Gasteiger partial charge is 0.143 e. The molecule has 1 aromatic heterocycles. The number of hydrogen-bond acceptors (Lipinski definition) is 4. The molecule has 3 heterocycles. The van der Waals surface area contributed by atoms with E-state index in [1.165, 1.54) is 32.2 Å². The molecular formula is C12H21N5. The third-order valence-electron chi connectivity index (χ3n) is 4.12. The second kappa shape index (κ2) is 4.74. The van der Waals surface area contributed by atoms with Crippen LogP contribution in [0.3, 0.4) is 0 Å². The van der Waals surface area contributed by atoms with Gasteiger partial charge in [-0.05, 0) is 45.3 Å². The molecule has 0 radical (unpaired) electrons. The highest BCUT2D eigenvalue weighted by Crippen LogP contribution is 2.34. The fourth-order valence-electron chi connectivity index (χ4n) is 3.25. The lowest BCUT2D eigenvalue weighted by molar-refractivity contribution is 0.141. The van der Waals surface area contributed by atoms with Crippen LogP contribution in [-0.4, -0.2) is 45.3 Å². The van der Waals surface area contributed by atoms with Crippen LogP contribution in [0.15, 0.2) is 6.33 Å². The molecule has 5 nitrogen and oxygen atoms in total. The molecule has 5 heteroatoms. The standard InChI is InChI=1S/C12H21N5/c1-16-12(14-9-15-16)11-3-2-8-17(11)10-4-6-13-7-5-10/h9-11,13H,2-8H2,1H3. The first-order chi connectivity index (χ1) is 8.36. The number of nitrogens with zero attached hydrogens (tertiary/aromatic N) is 4. The van der Waals surface area contributed by atoms with Crippen molar-refractivity contribution in [1.29, 1.82) is 0 Å². The van der Waals surface area contributed by atoms with Crippen LogP contribution >= 0.6 is 0 Å². The zero-order valence-corrected chi connectivity index (χ0v) is 10.5. The van der Waals surface area contributed by atoms with Crippen molar-refractivity contribution in [2.45, 2.75) is 37.8 Å². The molecule has 0 amide bonds. The van der Waals surface area contributed by atoms with E-state index in [4.69, 9.17) is 0 Å². The molecule has 94 valence electrons. The minimum Gasteiger partial charge on any atom is -0.317 e. The second-order valence-electron chi connectivity index (χ2n) is 5.12. The summed E-state index contributed by atoms with van der Waals surface area (Å²) in [7, 11) is 2.00. The molecule has 2 fully saturated rings. The van der Waals surface area contributed by atoms with Gasteiger partial charge < -0.3 is 5.32 Å². The van der Waals surface area contributed by atoms with Crippen LogP contribution in [-0.2, 0) is 7.05 Å². The van der Waals surface area contributed by atoms with Crippen LogP contribution in [0.2, 0.25) is 0 Å². The Hall–Kier alpha value is -0.940. The van der Waals surface area contributed by atoms with Crippen LogP contribution < -0.4 is 5.32 Å². The molecular weight excluding hydrogens is 214 g/mol. The Bertz CT molecular complexity index is 369. The van der Waals surface area contributed by atoms with E-state index in [0.717, 1.165) is 25.0 Å². The molecule has 2 saturated heterocycles. The molecule has 1 aromatic rings. The molecule has 0 saturated carbocycles. The molecule has 1 unspecified atom stereocenters. The Morgan fingerprint density at radius 2 is 2.12 bits per heavy atom. The topological polar surface area (TPSA) is 46.0 Å². The van der Waals surface area contributed by atoms with Crippen molar-refractivity contribution in [2.24, 2.45) is 7.05 Å². The molecule has 2 aliphatic heterocycles. The van der Waals surface area contributed by atoms with Crippen LogP contribution in [0, 0.1) is 0 Å². The Morgan fingerprint density at radius 1 is 1.29 bits per heavy atom. The summed E-state index contributed by atoms with van der Waals surface area (Å²) < 4.78 is 1.93. The number of aryl methyl sites for hydroxylation is 1. The maximum Gasteiger partial charge on any atom is 0.143 e. The largest absolute Gasteiger partial charge is 0.317 e. The molecule has 0 aliphatic carbocycles. The second-order valence-corrected chi connectivity index (χ2v) is 5.12. The van der Waals surface area contributed by atoms with Gasteiger partial charge in [0, 0.05) is 13.1 Å². The van der Waals surface area contributed by atoms with Crippen molar-refractivity contribution < 1.29 is 0 Å². The van der Waals surface area contributed by atoms with E-state index < -0.39 is 0 Å². The van der Waals surface area contributed by atoms with Gasteiger partial charge in [-0.3, -0.25) is 9.58 Å². The van der Waals surface area contributed by atoms with Crippen LogP contribution in [0.5, 0.6) is 0 Å². The summed E-state index contributed by atoms with van der Waals surface area (Å²) in [5.41, 5.74) is 0. The van der Waals surface area contributed by atoms with E-state index in [2.05, 4.69) is 20.3 Å². The Morgan fingerprint density at radius 3 is 2.82 bits per heavy atom. The quantitative estimate of drug-likeness (QED) is 0.820. The summed E-state index contributed by atoms with van der Waals surface area (Å²) >= 11 is 0. The van der Waals surface area contributed by atoms with Gasteiger partial charge in [-0.25, -0.2) is 4.98 Å². The molecule has 0 spiro atoms. The van der Waals surface area contributed by atoms with E-state index >= 15 is 0 Å². The minimum absolute atomic E-state index is 0.491. The number of rotatable bonds is 2. The summed E-state index contributed by atoms with van der Waals surface area (Å²) in [5, 5.41) is 7.65. The first-order valence-corrected chi connectivity index (χ1v) is 6.66. The van der Waals surface area contributed by atoms with Crippen molar-refractivity contribution in [1.82, 2.24) is 25.0 Å². The minimum atomic E-state index is 0.491. The van der Waals surface area contributed by atoms with Gasteiger partial charge in [0.1, 0.15) is 12.2 Å². The number of hydrogen-bond donors (Lipinski definition) is 1. The fraction of sp³-hybridized carbons (Fsp3) is 0.833. The Labute approximate surface area is 102 Å². The van der Waals surface area contributed by atoms with E-state index in [1.807, 2.05) is 11.7 Å². The third-order valence-corrected chi connectivity index (χ3v) is 4.12. The van der Waals surface area contributed by atoms with Gasteiger partial charge in [-0.1, -0.05) is 0 Å². The summed E-state index contributed by atoms with van der Waals surface area (Å²) in [6.07, 6.45) is 6.74. The highest BCUT2D eigenvalue weighted by molar-refractivity contribution is 5.00. The highest BCUT2D eigenvalue weighted by Gasteiger charge is 2.34. The summed E-state index contributed by atoms with van der Waals surface area (Å²) in [6, 6.07) is 1.23. The SMILES string of the molecule is Cn1ncnc1C1CCCN1C1CCNCC1. The van der Waals surface area contributed by atoms with Gasteiger partial charge in [-0.2, -0.15) is 5.10 Å². The predicted octanol–water partition coefficient (Wildman–Crippen LogP) is 0.704. The molecule has 0 bridgehead atoms. The third kappa shape index (κ3) is 2.09. The van der Waals surface area contributed by atoms with Gasteiger partial charge in [0.15, 0.2) is 0 Å². The number of piperidine rings is 1. The fourth-order valence-corrected chi connectivity index (χ4v) is 3.25. The average Bonchev–Trinajstić information content (AvgIpc) is 2.98. The number of aromatic nitrogens is 3. The Kier molecular flexibility index (Phi) is 3.11. The maximum atomic E-state index is 4.44. The predicted molar refractivity (Wildman–Crippen MR) is 65.6 cm³/mol. The Balaban J connectivity index is 1.77. The van der Waals surface area contributed by atoms with E-state index in [0.29, 0.717) is 6.04 Å². The van der Waals surface area contributed by atoms with Crippen LogP contribution in [0.25, 0.3) is 0 Å². The summed E-state index contributed by atoms with van der Waals surface area (Å²) in [4.78, 5) is 7.10. The van der Waals surface area contributed by atoms with Crippen LogP contribution in [0.4, 0.5) is 0 Å². The zero-order valence-electron chi connectivity index (χ0n) is 10.5. The lowest BCUT2D eigenvalue weighted by Gasteiger charge is -2.35. The lowest BCUT2D eigenvalue weighted by Crippen LogP contribution is -2.43. The first kappa shape index (κ1) is 11.2. The van der Waals surface area contributed by atoms with E-state index in [9.17, 15) is 0 Å². The monoisotopic (exact) mass is 235 g/mol. The van der Waals surface area contributed by atoms with E-state index in [1.54, 1.807) is 6.33 Å². The molecule has 17 heavy (non-hydrogen) atoms. The number of likely N-dealkylation sites (tertiary alicyclic amines) is 1. The molecule has 0 aromatic carbocycles. The highest BCUT2D eigenvalue weighted by atomic mass is 15.4. The number of nitrogens with one attached hydrogen (secondary N) is 1. The van der Waals surface area contributed by atoms with Crippen LogP contribution in [0.1, 0.15) is 37.5 Å². The summed E-state index contributed by atoms with van der Waals surface area (Å²) in [5.74, 6) is 1.14. The van der Waals surface area contributed by atoms with Crippen molar-refractivity contribution >= 4 is 0 Å². The lowest BCUT2D eigenvalue weighted by atomic mass is 10.0. The zero-order chi connectivity index (χ0) is 11.7. The molecule has 1 atom stereocenters. The van der Waals surface area contributed by atoms with Gasteiger partial charge in [0.05, 0.1) is 6.04 Å². The normalized spacial score (nSPS) is 27.7. The van der Waals surface area contributed by atoms with E-state index in [-0.39, 0.29) is 0 Å². The van der Waals surface area contributed by atoms with Crippen molar-refractivity contribution in [3.63, 3.8) is 0 Å². The van der Waals surface area contributed by atoms with Gasteiger partial charge in [0.2, 0.25) is 0 Å². The molecule has 2 aliphatic rings. The van der Waals surface area contributed by atoms with Gasteiger partial charge in [-0.15, -0.1) is 0 Å². The van der Waals surface area contributed by atoms with Crippen molar-refractivity contribution in [3.05, 3.63) is 12.2 Å². The maximum absolute atomic E-state index is 4.44. The van der Waals surface area contributed by atoms with Crippen molar-refractivity contribution in [3.8, 4) is 0 Å². The molecule has 1 N–H and O–H groups in total. The first-order valence-electron chi connectivity index (χ1n) is 6.66. The van der Waals surface area contributed by atoms with Crippen molar-refractivity contribution in [2.75, 3.05) is 19.6 Å². The summed E-state index contributed by atoms with van der Waals surface area (Å²) in [6.45, 7) is 3.54. The van der Waals surface area contributed by atoms with Gasteiger partial charge >= 0.3 is 0 Å². The average molecular weight is 235 g/mol. The van der Waals surface area contributed by atoms with Gasteiger partial charge in [0.25, 0.3) is 0 Å².